The van der Waals surface area contributed by atoms with Gasteiger partial charge in [0.15, 0.2) is 0 Å². The number of hydrogen-bond acceptors (Lipinski definition) is 4. The van der Waals surface area contributed by atoms with Crippen molar-refractivity contribution in [3.8, 4) is 0 Å². The van der Waals surface area contributed by atoms with E-state index in [0.29, 0.717) is 0 Å². The van der Waals surface area contributed by atoms with Crippen molar-refractivity contribution < 1.29 is 4.74 Å². The highest BCUT2D eigenvalue weighted by molar-refractivity contribution is 7.09. The van der Waals surface area contributed by atoms with E-state index in [4.69, 9.17) is 9.72 Å². The highest BCUT2D eigenvalue weighted by Crippen LogP contribution is 2.35. The van der Waals surface area contributed by atoms with Gasteiger partial charge in [-0.25, -0.2) is 4.98 Å². The summed E-state index contributed by atoms with van der Waals surface area (Å²) in [5.41, 5.74) is 1.18. The average Bonchev–Trinajstić information content (AvgIpc) is 2.94. The molecule has 0 bridgehead atoms. The smallest absolute Gasteiger partial charge is 0.0959 e. The fraction of sp³-hybridized carbons (Fsp3) is 0.750. The van der Waals surface area contributed by atoms with Crippen molar-refractivity contribution in [2.75, 3.05) is 20.3 Å². The molecule has 1 fully saturated rings. The van der Waals surface area contributed by atoms with Crippen molar-refractivity contribution in [2.45, 2.75) is 38.1 Å². The largest absolute Gasteiger partial charge is 0.383 e. The Bertz CT molecular complexity index is 308. The molecule has 0 unspecified atom stereocenters. The molecule has 0 atom stereocenters. The van der Waals surface area contributed by atoms with Gasteiger partial charge in [-0.1, -0.05) is 12.8 Å². The molecule has 16 heavy (non-hydrogen) atoms. The van der Waals surface area contributed by atoms with Gasteiger partial charge in [-0.3, -0.25) is 0 Å². The molecule has 4 heteroatoms. The highest BCUT2D eigenvalue weighted by atomic mass is 32.1. The second-order valence-electron chi connectivity index (χ2n) is 4.33. The van der Waals surface area contributed by atoms with E-state index >= 15 is 0 Å². The summed E-state index contributed by atoms with van der Waals surface area (Å²) >= 11 is 1.83. The molecule has 0 saturated heterocycles. The summed E-state index contributed by atoms with van der Waals surface area (Å²) in [5, 5.41) is 6.86. The Labute approximate surface area is 101 Å². The Morgan fingerprint density at radius 2 is 2.31 bits per heavy atom. The molecule has 1 N–H and O–H groups in total. The Morgan fingerprint density at radius 3 is 3.06 bits per heavy atom. The van der Waals surface area contributed by atoms with E-state index in [1.807, 2.05) is 11.3 Å². The molecule has 0 amide bonds. The zero-order chi connectivity index (χ0) is 11.2. The Morgan fingerprint density at radius 1 is 1.50 bits per heavy atom. The van der Waals surface area contributed by atoms with Crippen LogP contribution >= 0.6 is 11.3 Å². The molecule has 2 rings (SSSR count). The maximum atomic E-state index is 4.99. The lowest BCUT2D eigenvalue weighted by atomic mass is 10.1. The Hall–Kier alpha value is -0.450. The van der Waals surface area contributed by atoms with Gasteiger partial charge in [0.25, 0.3) is 0 Å². The van der Waals surface area contributed by atoms with Crippen molar-refractivity contribution in [2.24, 2.45) is 0 Å². The SMILES string of the molecule is COCCNCc1csc(C2CCCC2)n1. The summed E-state index contributed by atoms with van der Waals surface area (Å²) in [4.78, 5) is 4.71. The van der Waals surface area contributed by atoms with E-state index in [1.165, 1.54) is 36.4 Å². The number of thiazole rings is 1. The number of rotatable bonds is 6. The van der Waals surface area contributed by atoms with Crippen LogP contribution in [0.3, 0.4) is 0 Å². The molecule has 0 aromatic carbocycles. The molecule has 1 aliphatic rings. The first-order valence-electron chi connectivity index (χ1n) is 6.04. The van der Waals surface area contributed by atoms with Gasteiger partial charge >= 0.3 is 0 Å². The standard InChI is InChI=1S/C12H20N2OS/c1-15-7-6-13-8-11-9-16-12(14-11)10-4-2-3-5-10/h9-10,13H,2-8H2,1H3. The zero-order valence-electron chi connectivity index (χ0n) is 9.87. The normalized spacial score (nSPS) is 17.1. The first-order chi connectivity index (χ1) is 7.90. The van der Waals surface area contributed by atoms with Crippen LogP contribution in [0.1, 0.15) is 42.3 Å². The molecule has 1 aromatic heterocycles. The number of aromatic nitrogens is 1. The molecule has 0 radical (unpaired) electrons. The molecule has 0 spiro atoms. The predicted octanol–water partition coefficient (Wildman–Crippen LogP) is 2.54. The molecule has 0 aliphatic heterocycles. The van der Waals surface area contributed by atoms with Gasteiger partial charge in [-0.15, -0.1) is 11.3 Å². The van der Waals surface area contributed by atoms with Crippen LogP contribution in [0.25, 0.3) is 0 Å². The van der Waals surface area contributed by atoms with Crippen LogP contribution in [0.15, 0.2) is 5.38 Å². The monoisotopic (exact) mass is 240 g/mol. The average molecular weight is 240 g/mol. The second kappa shape index (κ2) is 6.33. The first-order valence-corrected chi connectivity index (χ1v) is 6.92. The van der Waals surface area contributed by atoms with Gasteiger partial charge in [-0.05, 0) is 12.8 Å². The van der Waals surface area contributed by atoms with Gasteiger partial charge in [-0.2, -0.15) is 0 Å². The lowest BCUT2D eigenvalue weighted by Gasteiger charge is -2.03. The van der Waals surface area contributed by atoms with Gasteiger partial charge in [0, 0.05) is 31.5 Å². The van der Waals surface area contributed by atoms with Gasteiger partial charge in [0.05, 0.1) is 17.3 Å². The van der Waals surface area contributed by atoms with Crippen molar-refractivity contribution in [1.29, 1.82) is 0 Å². The summed E-state index contributed by atoms with van der Waals surface area (Å²) in [6, 6.07) is 0. The van der Waals surface area contributed by atoms with Crippen LogP contribution in [0.2, 0.25) is 0 Å². The van der Waals surface area contributed by atoms with E-state index in [1.54, 1.807) is 7.11 Å². The van der Waals surface area contributed by atoms with Crippen molar-refractivity contribution >= 4 is 11.3 Å². The van der Waals surface area contributed by atoms with Gasteiger partial charge < -0.3 is 10.1 Å². The fourth-order valence-corrected chi connectivity index (χ4v) is 3.15. The third kappa shape index (κ3) is 3.27. The fourth-order valence-electron chi connectivity index (χ4n) is 2.15. The van der Waals surface area contributed by atoms with Gasteiger partial charge in [0.2, 0.25) is 0 Å². The van der Waals surface area contributed by atoms with Gasteiger partial charge in [0.1, 0.15) is 0 Å². The third-order valence-corrected chi connectivity index (χ3v) is 4.12. The molecule has 90 valence electrons. The van der Waals surface area contributed by atoms with E-state index < -0.39 is 0 Å². The van der Waals surface area contributed by atoms with Crippen molar-refractivity contribution in [3.63, 3.8) is 0 Å². The first kappa shape index (κ1) is 12.0. The maximum absolute atomic E-state index is 4.99. The van der Waals surface area contributed by atoms with Crippen LogP contribution in [0, 0.1) is 0 Å². The van der Waals surface area contributed by atoms with E-state index in [9.17, 15) is 0 Å². The summed E-state index contributed by atoms with van der Waals surface area (Å²) < 4.78 is 4.99. The predicted molar refractivity (Wildman–Crippen MR) is 66.9 cm³/mol. The summed E-state index contributed by atoms with van der Waals surface area (Å²) in [5.74, 6) is 0.748. The molecular formula is C12H20N2OS. The van der Waals surface area contributed by atoms with E-state index in [-0.39, 0.29) is 0 Å². The number of ether oxygens (including phenoxy) is 1. The van der Waals surface area contributed by atoms with Crippen LogP contribution in [0.5, 0.6) is 0 Å². The highest BCUT2D eigenvalue weighted by Gasteiger charge is 2.19. The minimum atomic E-state index is 0.748. The van der Waals surface area contributed by atoms with Crippen molar-refractivity contribution in [1.82, 2.24) is 10.3 Å². The number of methoxy groups -OCH3 is 1. The Kier molecular flexibility index (Phi) is 4.75. The quantitative estimate of drug-likeness (QED) is 0.776. The maximum Gasteiger partial charge on any atom is 0.0959 e. The molecule has 1 aliphatic carbocycles. The third-order valence-electron chi connectivity index (χ3n) is 3.06. The molecule has 3 nitrogen and oxygen atoms in total. The lowest BCUT2D eigenvalue weighted by molar-refractivity contribution is 0.199. The molecule has 1 aromatic rings. The second-order valence-corrected chi connectivity index (χ2v) is 5.22. The zero-order valence-corrected chi connectivity index (χ0v) is 10.7. The topological polar surface area (TPSA) is 34.1 Å². The Balaban J connectivity index is 1.77. The van der Waals surface area contributed by atoms with Crippen LogP contribution in [-0.4, -0.2) is 25.2 Å². The van der Waals surface area contributed by atoms with E-state index in [0.717, 1.165) is 25.6 Å². The minimum Gasteiger partial charge on any atom is -0.383 e. The van der Waals surface area contributed by atoms with Crippen LogP contribution < -0.4 is 5.32 Å². The number of nitrogens with zero attached hydrogens (tertiary/aromatic N) is 1. The minimum absolute atomic E-state index is 0.748. The molecular weight excluding hydrogens is 220 g/mol. The summed E-state index contributed by atoms with van der Waals surface area (Å²) in [7, 11) is 1.72. The lowest BCUT2D eigenvalue weighted by Crippen LogP contribution is -2.18. The number of nitrogens with one attached hydrogen (secondary N) is 1. The van der Waals surface area contributed by atoms with E-state index in [2.05, 4.69) is 10.7 Å². The number of hydrogen-bond donors (Lipinski definition) is 1. The van der Waals surface area contributed by atoms with Crippen molar-refractivity contribution in [3.05, 3.63) is 16.1 Å². The summed E-state index contributed by atoms with van der Waals surface area (Å²) in [6.45, 7) is 2.53. The molecule has 1 saturated carbocycles. The summed E-state index contributed by atoms with van der Waals surface area (Å²) in [6.07, 6.45) is 5.44. The molecule has 1 heterocycles. The van der Waals surface area contributed by atoms with Crippen LogP contribution in [0.4, 0.5) is 0 Å². The van der Waals surface area contributed by atoms with Crippen LogP contribution in [-0.2, 0) is 11.3 Å².